The molecule has 0 atom stereocenters. The van der Waals surface area contributed by atoms with E-state index in [4.69, 9.17) is 0 Å². The molecule has 3 nitrogen and oxygen atoms in total. The predicted octanol–water partition coefficient (Wildman–Crippen LogP) is 5.70. The van der Waals surface area contributed by atoms with Crippen LogP contribution in [0.2, 0.25) is 0 Å². The van der Waals surface area contributed by atoms with E-state index in [1.54, 1.807) is 0 Å². The van der Waals surface area contributed by atoms with Crippen molar-refractivity contribution in [2.75, 3.05) is 0 Å². The van der Waals surface area contributed by atoms with Gasteiger partial charge in [0.2, 0.25) is 0 Å². The monoisotopic (exact) mass is 740 g/mol. The van der Waals surface area contributed by atoms with Crippen LogP contribution in [0.5, 0.6) is 0 Å². The van der Waals surface area contributed by atoms with Crippen LogP contribution in [0.25, 0.3) is 5.69 Å². The quantitative estimate of drug-likeness (QED) is 0.249. The Morgan fingerprint density at radius 3 is 2.16 bits per heavy atom. The number of benzene rings is 2. The second-order valence-electron chi connectivity index (χ2n) is 5.74. The normalized spacial score (nSPS) is 10.6. The summed E-state index contributed by atoms with van der Waals surface area (Å²) in [6, 6.07) is 16.9. The van der Waals surface area contributed by atoms with Gasteiger partial charge in [0, 0.05) is 52.3 Å². The van der Waals surface area contributed by atoms with Crippen molar-refractivity contribution in [2.24, 2.45) is 7.05 Å². The van der Waals surface area contributed by atoms with E-state index >= 15 is 0 Å². The molecule has 0 spiro atoms. The zero-order valence-electron chi connectivity index (χ0n) is 14.4. The zero-order chi connectivity index (χ0) is 18.4. The van der Waals surface area contributed by atoms with Crippen molar-refractivity contribution >= 4 is 45.7 Å². The summed E-state index contributed by atoms with van der Waals surface area (Å²) in [5.41, 5.74) is 5.32. The molecule has 0 N–H and O–H groups in total. The van der Waals surface area contributed by atoms with E-state index in [1.807, 2.05) is 25.2 Å². The van der Waals surface area contributed by atoms with Crippen LogP contribution in [-0.4, -0.2) is 10.5 Å². The number of rotatable bonds is 3. The number of halogens is 2. The predicted molar refractivity (Wildman–Crippen MR) is 117 cm³/mol. The van der Waals surface area contributed by atoms with Gasteiger partial charge in [-0.25, -0.2) is 0 Å². The molecular formula is C19H21I2N3Pt. The molecule has 0 fully saturated rings. The molecule has 0 unspecified atom stereocenters. The summed E-state index contributed by atoms with van der Waals surface area (Å²) in [5, 5.41) is 0. The van der Waals surface area contributed by atoms with E-state index < -0.39 is 0 Å². The Morgan fingerprint density at radius 1 is 0.960 bits per heavy atom. The molecule has 3 rings (SSSR count). The standard InChI is InChI=1S/C10H10N2.C9H11I2N.Pt/c1-11-7-8-12(9-11)10-5-3-2-4-6-10;1-7-3-4-9(5-8(7)2)6-12(10)11;/h2-8H,1H3;3-5H,6H2,1-2H3;. The fourth-order valence-corrected chi connectivity index (χ4v) is 3.68. The van der Waals surface area contributed by atoms with Gasteiger partial charge in [0.05, 0.1) is 0 Å². The minimum atomic E-state index is 1.00. The van der Waals surface area contributed by atoms with Crippen LogP contribution in [0.15, 0.2) is 60.9 Å². The van der Waals surface area contributed by atoms with Gasteiger partial charge in [0.15, 0.2) is 0 Å². The second kappa shape index (κ2) is 10.2. The van der Waals surface area contributed by atoms with E-state index in [9.17, 15) is 0 Å². The third kappa shape index (κ3) is 6.45. The van der Waals surface area contributed by atoms with Gasteiger partial charge in [0.25, 0.3) is 0 Å². The van der Waals surface area contributed by atoms with E-state index in [-0.39, 0.29) is 0 Å². The van der Waals surface area contributed by atoms with Gasteiger partial charge in [-0.1, -0.05) is 18.2 Å². The van der Waals surface area contributed by atoms with Crippen molar-refractivity contribution in [3.63, 3.8) is 0 Å². The molecule has 0 aliphatic rings. The van der Waals surface area contributed by atoms with Gasteiger partial charge in [0.1, 0.15) is 0 Å². The van der Waals surface area contributed by atoms with Gasteiger partial charge >= 0.3 is 87.8 Å². The van der Waals surface area contributed by atoms with Gasteiger partial charge in [-0.05, 0) is 30.5 Å². The molecule has 2 aromatic carbocycles. The molecule has 1 aromatic heterocycles. The molecule has 6 heteroatoms. The topological polar surface area (TPSA) is 13.1 Å². The number of hydrogen-bond acceptors (Lipinski definition) is 1. The summed E-state index contributed by atoms with van der Waals surface area (Å²) in [6.45, 7) is 5.30. The maximum absolute atomic E-state index is 2.31. The van der Waals surface area contributed by atoms with Gasteiger partial charge in [-0.3, -0.25) is 0 Å². The molecule has 136 valence electrons. The Bertz CT molecular complexity index is 870. The first-order valence-electron chi connectivity index (χ1n) is 7.78. The second-order valence-corrected chi connectivity index (χ2v) is 10.9. The average Bonchev–Trinajstić information content (AvgIpc) is 2.91. The van der Waals surface area contributed by atoms with Crippen LogP contribution in [0.3, 0.4) is 0 Å². The van der Waals surface area contributed by atoms with Gasteiger partial charge < -0.3 is 0 Å². The zero-order valence-corrected chi connectivity index (χ0v) is 21.0. The van der Waals surface area contributed by atoms with Crippen molar-refractivity contribution in [2.45, 2.75) is 20.4 Å². The fourth-order valence-electron chi connectivity index (χ4n) is 2.26. The molecule has 0 saturated carbocycles. The Hall–Kier alpha value is -0.242. The Balaban J connectivity index is 0.000000181. The molecule has 0 bridgehead atoms. The summed E-state index contributed by atoms with van der Waals surface area (Å²) >= 11 is 6.89. The number of aryl methyl sites for hydroxylation is 3. The van der Waals surface area contributed by atoms with E-state index in [2.05, 4.69) is 132 Å². The molecule has 3 aromatic rings. The Morgan fingerprint density at radius 2 is 1.64 bits per heavy atom. The van der Waals surface area contributed by atoms with Gasteiger partial charge in [-0.2, -0.15) is 1.33 Å². The number of aromatic nitrogens is 2. The number of imidazole rings is 1. The van der Waals surface area contributed by atoms with E-state index in [1.165, 1.54) is 26.2 Å². The summed E-state index contributed by atoms with van der Waals surface area (Å²) in [5.74, 6) is 0. The molecule has 0 amide bonds. The first-order valence-corrected chi connectivity index (χ1v) is 10.8. The average molecular weight is 740 g/mol. The SMILES string of the molecule is Cc1ccc(CN(I)I)cc1C.Cn1ccn(-c2ccccc2)[c]1=[Pt]. The molecule has 25 heavy (non-hydrogen) atoms. The van der Waals surface area contributed by atoms with Crippen LogP contribution in [-0.2, 0) is 32.9 Å². The molecule has 0 saturated heterocycles. The fraction of sp³-hybridized carbons (Fsp3) is 0.211. The van der Waals surface area contributed by atoms with Crippen molar-refractivity contribution in [3.05, 3.63) is 81.4 Å². The summed E-state index contributed by atoms with van der Waals surface area (Å²) in [7, 11) is 2.04. The molecule has 0 aliphatic heterocycles. The van der Waals surface area contributed by atoms with Crippen LogP contribution < -0.4 is 0 Å². The van der Waals surface area contributed by atoms with Gasteiger partial charge in [-0.15, -0.1) is 0 Å². The van der Waals surface area contributed by atoms with Crippen LogP contribution in [0.4, 0.5) is 0 Å². The summed E-state index contributed by atoms with van der Waals surface area (Å²) in [6.07, 6.45) is 4.12. The molecular weight excluding hydrogens is 719 g/mol. The van der Waals surface area contributed by atoms with Crippen LogP contribution in [0.1, 0.15) is 16.7 Å². The number of nitrogens with zero attached hydrogens (tertiary/aromatic N) is 3. The summed E-state index contributed by atoms with van der Waals surface area (Å²) in [4.78, 5) is 0. The van der Waals surface area contributed by atoms with Crippen molar-refractivity contribution < 1.29 is 19.4 Å². The number of hydrogen-bond donors (Lipinski definition) is 0. The van der Waals surface area contributed by atoms with Crippen molar-refractivity contribution in [1.82, 2.24) is 10.5 Å². The maximum atomic E-state index is 2.31. The molecule has 0 radical (unpaired) electrons. The van der Waals surface area contributed by atoms with E-state index in [0.29, 0.717) is 0 Å². The third-order valence-electron chi connectivity index (χ3n) is 3.80. The first-order chi connectivity index (χ1) is 11.9. The molecule has 0 aliphatic carbocycles. The third-order valence-corrected chi connectivity index (χ3v) is 5.83. The summed E-state index contributed by atoms with van der Waals surface area (Å²) < 4.78 is 7.57. The Labute approximate surface area is 188 Å². The Kier molecular flexibility index (Phi) is 8.58. The van der Waals surface area contributed by atoms with Crippen molar-refractivity contribution in [1.29, 1.82) is 0 Å². The van der Waals surface area contributed by atoms with E-state index in [0.717, 1.165) is 6.54 Å². The van der Waals surface area contributed by atoms with Crippen molar-refractivity contribution in [3.8, 4) is 5.69 Å². The minimum absolute atomic E-state index is 1.00. The molecule has 1 heterocycles. The number of para-hydroxylation sites is 1. The van der Waals surface area contributed by atoms with Crippen LogP contribution >= 0.6 is 45.7 Å². The van der Waals surface area contributed by atoms with Crippen LogP contribution in [0, 0.1) is 17.7 Å². The first kappa shape index (κ1) is 21.1.